The van der Waals surface area contributed by atoms with Crippen LogP contribution in [0, 0.1) is 11.3 Å². The summed E-state index contributed by atoms with van der Waals surface area (Å²) < 4.78 is 15.8. The van der Waals surface area contributed by atoms with Crippen LogP contribution in [0.2, 0.25) is 0 Å². The van der Waals surface area contributed by atoms with Crippen LogP contribution in [0.15, 0.2) is 63.3 Å². The normalized spacial score (nSPS) is 11.0. The van der Waals surface area contributed by atoms with Gasteiger partial charge in [0.2, 0.25) is 0 Å². The molecule has 1 amide bonds. The molecule has 1 heterocycles. The van der Waals surface area contributed by atoms with Gasteiger partial charge in [0.1, 0.15) is 34.3 Å². The molecule has 3 aromatic rings. The van der Waals surface area contributed by atoms with Crippen LogP contribution < -0.4 is 20.8 Å². The summed E-state index contributed by atoms with van der Waals surface area (Å²) in [7, 11) is 0. The van der Waals surface area contributed by atoms with E-state index < -0.39 is 17.5 Å². The van der Waals surface area contributed by atoms with Gasteiger partial charge in [0.15, 0.2) is 0 Å². The quantitative estimate of drug-likeness (QED) is 0.205. The summed E-state index contributed by atoms with van der Waals surface area (Å²) in [4.78, 5) is 35.5. The Kier molecular flexibility index (Phi) is 6.48. The number of carbonyl (C=O) groups excluding carboxylic acids is 2. The van der Waals surface area contributed by atoms with Gasteiger partial charge in [-0.1, -0.05) is 19.1 Å². The number of primary amides is 1. The predicted molar refractivity (Wildman–Crippen MR) is 112 cm³/mol. The summed E-state index contributed by atoms with van der Waals surface area (Å²) in [5.74, 6) is -1.02. The summed E-state index contributed by atoms with van der Waals surface area (Å²) in [6, 6.07) is 14.3. The highest BCUT2D eigenvalue weighted by Gasteiger charge is 2.15. The molecule has 8 heteroatoms. The lowest BCUT2D eigenvalue weighted by Crippen LogP contribution is -2.20. The van der Waals surface area contributed by atoms with Gasteiger partial charge in [-0.25, -0.2) is 9.59 Å². The van der Waals surface area contributed by atoms with E-state index in [1.807, 2.05) is 13.0 Å². The van der Waals surface area contributed by atoms with Crippen LogP contribution in [0.5, 0.6) is 11.5 Å². The minimum absolute atomic E-state index is 0.0666. The van der Waals surface area contributed by atoms with E-state index in [1.54, 1.807) is 24.3 Å². The van der Waals surface area contributed by atoms with Gasteiger partial charge < -0.3 is 19.6 Å². The van der Waals surface area contributed by atoms with Gasteiger partial charge in [0.05, 0.1) is 6.61 Å². The summed E-state index contributed by atoms with van der Waals surface area (Å²) in [6.07, 6.45) is 2.28. The Bertz CT molecular complexity index is 1270. The molecule has 0 unspecified atom stereocenters. The second-order valence-electron chi connectivity index (χ2n) is 6.49. The maximum atomic E-state index is 12.4. The summed E-state index contributed by atoms with van der Waals surface area (Å²) in [5, 5.41) is 9.78. The molecule has 0 saturated heterocycles. The molecule has 0 bridgehead atoms. The zero-order chi connectivity index (χ0) is 22.4. The van der Waals surface area contributed by atoms with E-state index >= 15 is 0 Å². The van der Waals surface area contributed by atoms with Gasteiger partial charge in [-0.3, -0.25) is 4.79 Å². The van der Waals surface area contributed by atoms with Crippen molar-refractivity contribution < 1.29 is 23.5 Å². The molecule has 2 aromatic carbocycles. The average molecular weight is 418 g/mol. The fourth-order valence-electron chi connectivity index (χ4n) is 2.67. The number of nitrogens with two attached hydrogens (primary N) is 1. The molecule has 0 atom stereocenters. The molecular formula is C23H18N2O6. The van der Waals surface area contributed by atoms with Crippen LogP contribution in [0.4, 0.5) is 0 Å². The number of nitriles is 1. The fourth-order valence-corrected chi connectivity index (χ4v) is 2.67. The van der Waals surface area contributed by atoms with Crippen LogP contribution in [-0.2, 0) is 4.79 Å². The number of rotatable bonds is 7. The standard InChI is InChI=1S/C23H18N2O6/c1-2-9-29-17-6-3-14(4-7-17)10-16(13-24)22(27)30-18-8-5-15-11-19(21(25)26)23(28)31-20(15)12-18/h3-8,10-12H,2,9H2,1H3,(H2,25,26)/b16-10+. The van der Waals surface area contributed by atoms with E-state index in [1.165, 1.54) is 30.3 Å². The molecule has 0 spiro atoms. The number of ether oxygens (including phenoxy) is 2. The van der Waals surface area contributed by atoms with Crippen LogP contribution in [0.1, 0.15) is 29.3 Å². The summed E-state index contributed by atoms with van der Waals surface area (Å²) >= 11 is 0. The Morgan fingerprint density at radius 3 is 2.48 bits per heavy atom. The van der Waals surface area contributed by atoms with Crippen molar-refractivity contribution in [2.75, 3.05) is 6.61 Å². The number of nitrogens with zero attached hydrogens (tertiary/aromatic N) is 1. The third-order valence-corrected chi connectivity index (χ3v) is 4.19. The molecule has 0 aliphatic carbocycles. The third kappa shape index (κ3) is 5.16. The van der Waals surface area contributed by atoms with Gasteiger partial charge in [-0.2, -0.15) is 5.26 Å². The smallest absolute Gasteiger partial charge is 0.354 e. The van der Waals surface area contributed by atoms with Gasteiger partial charge in [-0.05, 0) is 48.4 Å². The van der Waals surface area contributed by atoms with Crippen molar-refractivity contribution in [2.24, 2.45) is 5.73 Å². The molecule has 156 valence electrons. The monoisotopic (exact) mass is 418 g/mol. The highest BCUT2D eigenvalue weighted by atomic mass is 16.5. The summed E-state index contributed by atoms with van der Waals surface area (Å²) in [5.41, 5.74) is 4.47. The lowest BCUT2D eigenvalue weighted by Gasteiger charge is -2.06. The van der Waals surface area contributed by atoms with Crippen molar-refractivity contribution in [3.05, 3.63) is 75.7 Å². The molecule has 0 radical (unpaired) electrons. The van der Waals surface area contributed by atoms with Crippen molar-refractivity contribution in [3.8, 4) is 17.6 Å². The van der Waals surface area contributed by atoms with Crippen molar-refractivity contribution in [3.63, 3.8) is 0 Å². The second-order valence-corrected chi connectivity index (χ2v) is 6.49. The van der Waals surface area contributed by atoms with E-state index in [9.17, 15) is 19.6 Å². The highest BCUT2D eigenvalue weighted by molar-refractivity contribution is 5.99. The Morgan fingerprint density at radius 1 is 1.13 bits per heavy atom. The number of carbonyl (C=O) groups is 2. The first-order valence-corrected chi connectivity index (χ1v) is 9.36. The second kappa shape index (κ2) is 9.41. The van der Waals surface area contributed by atoms with Crippen molar-refractivity contribution in [1.82, 2.24) is 0 Å². The molecule has 0 aliphatic heterocycles. The Balaban J connectivity index is 1.80. The first kappa shape index (κ1) is 21.3. The van der Waals surface area contributed by atoms with Gasteiger partial charge >= 0.3 is 11.6 Å². The van der Waals surface area contributed by atoms with Gasteiger partial charge in [0, 0.05) is 11.5 Å². The zero-order valence-electron chi connectivity index (χ0n) is 16.6. The van der Waals surface area contributed by atoms with E-state index in [0.717, 1.165) is 6.42 Å². The zero-order valence-corrected chi connectivity index (χ0v) is 16.6. The van der Waals surface area contributed by atoms with Crippen LogP contribution in [0.3, 0.4) is 0 Å². The lowest BCUT2D eigenvalue weighted by molar-refractivity contribution is -0.129. The van der Waals surface area contributed by atoms with Crippen LogP contribution in [0.25, 0.3) is 17.0 Å². The highest BCUT2D eigenvalue weighted by Crippen LogP contribution is 2.22. The van der Waals surface area contributed by atoms with E-state index in [-0.39, 0.29) is 22.5 Å². The molecule has 0 saturated carbocycles. The number of hydrogen-bond acceptors (Lipinski definition) is 7. The number of fused-ring (bicyclic) bond motifs is 1. The lowest BCUT2D eigenvalue weighted by atomic mass is 10.1. The first-order chi connectivity index (χ1) is 14.9. The molecule has 31 heavy (non-hydrogen) atoms. The van der Waals surface area contributed by atoms with Crippen LogP contribution >= 0.6 is 0 Å². The first-order valence-electron chi connectivity index (χ1n) is 9.36. The topological polar surface area (TPSA) is 133 Å². The average Bonchev–Trinajstić information content (AvgIpc) is 2.76. The molecule has 0 aliphatic rings. The summed E-state index contributed by atoms with van der Waals surface area (Å²) in [6.45, 7) is 2.60. The largest absolute Gasteiger partial charge is 0.494 e. The minimum atomic E-state index is -0.903. The Morgan fingerprint density at radius 2 is 1.84 bits per heavy atom. The number of esters is 1. The Hall–Kier alpha value is -4.38. The van der Waals surface area contributed by atoms with Gasteiger partial charge in [0.25, 0.3) is 5.91 Å². The Labute approximate surface area is 177 Å². The molecule has 3 rings (SSSR count). The number of hydrogen-bond donors (Lipinski definition) is 1. The van der Waals surface area contributed by atoms with Crippen molar-refractivity contribution >= 4 is 28.9 Å². The fraction of sp³-hybridized carbons (Fsp3) is 0.130. The SMILES string of the molecule is CCCOc1ccc(/C=C(\C#N)C(=O)Oc2ccc3cc(C(N)=O)c(=O)oc3c2)cc1. The maximum Gasteiger partial charge on any atom is 0.354 e. The van der Waals surface area contributed by atoms with E-state index in [2.05, 4.69) is 0 Å². The van der Waals surface area contributed by atoms with Crippen molar-refractivity contribution in [2.45, 2.75) is 13.3 Å². The number of amides is 1. The predicted octanol–water partition coefficient (Wildman–Crippen LogP) is 3.19. The third-order valence-electron chi connectivity index (χ3n) is 4.19. The molecular weight excluding hydrogens is 400 g/mol. The maximum absolute atomic E-state index is 12.4. The number of benzene rings is 2. The molecule has 0 fully saturated rings. The molecule has 1 aromatic heterocycles. The van der Waals surface area contributed by atoms with Crippen LogP contribution in [-0.4, -0.2) is 18.5 Å². The van der Waals surface area contributed by atoms with E-state index in [4.69, 9.17) is 19.6 Å². The van der Waals surface area contributed by atoms with Crippen molar-refractivity contribution in [1.29, 1.82) is 5.26 Å². The minimum Gasteiger partial charge on any atom is -0.494 e. The molecule has 2 N–H and O–H groups in total. The van der Waals surface area contributed by atoms with E-state index in [0.29, 0.717) is 23.3 Å². The molecule has 8 nitrogen and oxygen atoms in total. The van der Waals surface area contributed by atoms with Gasteiger partial charge in [-0.15, -0.1) is 0 Å².